The van der Waals surface area contributed by atoms with Crippen molar-refractivity contribution in [3.05, 3.63) is 119 Å². The van der Waals surface area contributed by atoms with Crippen molar-refractivity contribution in [3.8, 4) is 0 Å². The Balaban J connectivity index is 0.000000789. The van der Waals surface area contributed by atoms with E-state index in [1.807, 2.05) is 0 Å². The Bertz CT molecular complexity index is 1190. The molecule has 0 bridgehead atoms. The maximum Gasteiger partial charge on any atom is 0.300 e. The number of carbonyl (C=O) groups is 2. The predicted octanol–water partition coefficient (Wildman–Crippen LogP) is 6.62. The number of hydrogen-bond donors (Lipinski definition) is 2. The van der Waals surface area contributed by atoms with E-state index in [1.165, 1.54) is 49.4 Å². The third-order valence-corrected chi connectivity index (χ3v) is 12.5. The second-order valence-electron chi connectivity index (χ2n) is 9.18. The van der Waals surface area contributed by atoms with Crippen LogP contribution >= 0.6 is 15.8 Å². The van der Waals surface area contributed by atoms with Gasteiger partial charge in [0.1, 0.15) is 0 Å². The van der Waals surface area contributed by atoms with Crippen molar-refractivity contribution >= 4 is 49.0 Å². The Hall–Kier alpha value is -2.66. The van der Waals surface area contributed by atoms with Crippen molar-refractivity contribution in [1.82, 2.24) is 0 Å². The van der Waals surface area contributed by atoms with Crippen molar-refractivity contribution in [1.29, 1.82) is 0 Å². The van der Waals surface area contributed by atoms with Gasteiger partial charge in [0.25, 0.3) is 11.9 Å². The number of carboxylic acid groups (broad SMARTS) is 2. The van der Waals surface area contributed by atoms with Crippen molar-refractivity contribution in [2.24, 2.45) is 0 Å². The fourth-order valence-electron chi connectivity index (χ4n) is 4.17. The van der Waals surface area contributed by atoms with Gasteiger partial charge in [-0.2, -0.15) is 0 Å². The number of carboxylic acids is 2. The Morgan fingerprint density at radius 3 is 0.850 bits per heavy atom. The molecule has 4 aromatic rings. The summed E-state index contributed by atoms with van der Waals surface area (Å²) in [5, 5.41) is 20.9. The number of hydrogen-bond acceptors (Lipinski definition) is 2. The number of aliphatic carboxylic acids is 2. The molecule has 0 amide bonds. The average Bonchev–Trinajstić information content (AvgIpc) is 2.87. The molecule has 0 spiro atoms. The van der Waals surface area contributed by atoms with Crippen LogP contribution in [0.5, 0.6) is 0 Å². The van der Waals surface area contributed by atoms with E-state index < -0.39 is 27.8 Å². The topological polar surface area (TPSA) is 74.6 Å². The van der Waals surface area contributed by atoms with Crippen LogP contribution in [-0.2, 0) is 30.0 Å². The van der Waals surface area contributed by atoms with E-state index in [1.54, 1.807) is 0 Å². The smallest absolute Gasteiger partial charge is 0.300 e. The van der Waals surface area contributed by atoms with Crippen LogP contribution in [0.1, 0.15) is 36.1 Å². The van der Waals surface area contributed by atoms with Gasteiger partial charge in [-0.1, -0.05) is 97.1 Å². The molecule has 0 saturated heterocycles. The maximum absolute atomic E-state index is 9.00. The van der Waals surface area contributed by atoms with Gasteiger partial charge >= 0.3 is 0 Å². The Morgan fingerprint density at radius 2 is 0.675 bits per heavy atom. The van der Waals surface area contributed by atoms with Gasteiger partial charge in [-0.15, -0.1) is 0 Å². The minimum atomic E-state index is -0.833. The van der Waals surface area contributed by atoms with Crippen LogP contribution in [0.3, 0.4) is 0 Å². The van der Waals surface area contributed by atoms with E-state index in [0.29, 0.717) is 0 Å². The molecular formula is C33H38O4P2Pd. The summed E-state index contributed by atoms with van der Waals surface area (Å²) in [6.45, 7) is 11.2. The molecule has 4 aromatic carbocycles. The van der Waals surface area contributed by atoms with Gasteiger partial charge < -0.3 is 10.2 Å². The summed E-state index contributed by atoms with van der Waals surface area (Å²) in [6, 6.07) is 36.0. The predicted molar refractivity (Wildman–Crippen MR) is 169 cm³/mol. The summed E-state index contributed by atoms with van der Waals surface area (Å²) < 4.78 is 0. The first-order valence-electron chi connectivity index (χ1n) is 12.7. The van der Waals surface area contributed by atoms with Gasteiger partial charge in [0.15, 0.2) is 0 Å². The summed E-state index contributed by atoms with van der Waals surface area (Å²) in [7, 11) is -0.950. The molecule has 0 aromatic heterocycles. The first-order valence-corrected chi connectivity index (χ1v) is 15.7. The summed E-state index contributed by atoms with van der Waals surface area (Å²) in [6.07, 6.45) is 0. The van der Waals surface area contributed by atoms with Crippen LogP contribution in [-0.4, -0.2) is 28.1 Å². The van der Waals surface area contributed by atoms with Crippen LogP contribution in [0.2, 0.25) is 0 Å². The molecule has 2 N–H and O–H groups in total. The zero-order valence-electron chi connectivity index (χ0n) is 23.9. The summed E-state index contributed by atoms with van der Waals surface area (Å²) >= 11 is 0. The van der Waals surface area contributed by atoms with Gasteiger partial charge in [0, 0.05) is 40.2 Å². The molecule has 40 heavy (non-hydrogen) atoms. The first-order chi connectivity index (χ1) is 18.5. The molecule has 0 saturated carbocycles. The largest absolute Gasteiger partial charge is 0.481 e. The number of rotatable bonds is 6. The fourth-order valence-corrected chi connectivity index (χ4v) is 11.3. The number of benzene rings is 4. The van der Waals surface area contributed by atoms with E-state index in [9.17, 15) is 0 Å². The van der Waals surface area contributed by atoms with Crippen molar-refractivity contribution in [2.45, 2.75) is 41.5 Å². The molecule has 0 aliphatic rings. The van der Waals surface area contributed by atoms with Crippen molar-refractivity contribution < 1.29 is 40.2 Å². The molecule has 0 fully saturated rings. The monoisotopic (exact) mass is 666 g/mol. The van der Waals surface area contributed by atoms with Gasteiger partial charge in [-0.25, -0.2) is 0 Å². The van der Waals surface area contributed by atoms with Crippen LogP contribution in [0.15, 0.2) is 97.1 Å². The van der Waals surface area contributed by atoms with E-state index >= 15 is 0 Å². The van der Waals surface area contributed by atoms with E-state index in [0.717, 1.165) is 13.8 Å². The van der Waals surface area contributed by atoms with E-state index in [4.69, 9.17) is 19.8 Å². The molecular weight excluding hydrogens is 629 g/mol. The molecule has 0 aliphatic carbocycles. The minimum absolute atomic E-state index is 0. The second kappa shape index (κ2) is 17.9. The van der Waals surface area contributed by atoms with Gasteiger partial charge in [-0.3, -0.25) is 9.59 Å². The van der Waals surface area contributed by atoms with Gasteiger partial charge in [-0.05, 0) is 87.0 Å². The summed E-state index contributed by atoms with van der Waals surface area (Å²) in [5.74, 6) is -0.490. The Morgan fingerprint density at radius 1 is 0.500 bits per heavy atom. The minimum Gasteiger partial charge on any atom is -0.481 e. The zero-order chi connectivity index (χ0) is 28.9. The van der Waals surface area contributed by atoms with E-state index in [-0.39, 0.29) is 20.4 Å². The zero-order valence-corrected chi connectivity index (χ0v) is 27.2. The Labute approximate surface area is 255 Å². The maximum atomic E-state index is 9.00. The summed E-state index contributed by atoms with van der Waals surface area (Å²) in [4.78, 5) is 18.0. The van der Waals surface area contributed by atoms with Crippen LogP contribution < -0.4 is 21.2 Å². The molecule has 7 heteroatoms. The van der Waals surface area contributed by atoms with Crippen LogP contribution in [0.4, 0.5) is 0 Å². The number of aryl methyl sites for hydroxylation is 4. The first kappa shape index (κ1) is 35.4. The standard InChI is InChI=1S/C29H30P2.2C2H4O2.Pd/c1-22-13-5-9-17-26(22)30(27-18-10-6-14-23(27)2)21-31(28-19-11-7-15-24(28)3)29-20-12-8-16-25(29)4;2*1-2(3)4;/h5-20H,21H2,1-4H3;2*1H3,(H,3,4);. The summed E-state index contributed by atoms with van der Waals surface area (Å²) in [5.41, 5.74) is 5.62. The van der Waals surface area contributed by atoms with Crippen molar-refractivity contribution in [3.63, 3.8) is 0 Å². The third kappa shape index (κ3) is 11.1. The Kier molecular flexibility index (Phi) is 15.8. The molecule has 0 aliphatic heterocycles. The quantitative estimate of drug-likeness (QED) is 0.179. The molecule has 0 heterocycles. The molecule has 0 radical (unpaired) electrons. The molecule has 0 atom stereocenters. The van der Waals surface area contributed by atoms with Crippen molar-refractivity contribution in [2.75, 3.05) is 5.90 Å². The van der Waals surface area contributed by atoms with Gasteiger partial charge in [0.2, 0.25) is 0 Å². The second-order valence-corrected chi connectivity index (χ2v) is 14.0. The fraction of sp³-hybridized carbons (Fsp3) is 0.212. The normalized spacial score (nSPS) is 10.0. The van der Waals surface area contributed by atoms with Gasteiger partial charge in [0.05, 0.1) is 0 Å². The SMILES string of the molecule is CC(=O)O.CC(=O)O.Cc1ccccc1P(CP(c1ccccc1C)c1ccccc1C)c1ccccc1C.[Pd]. The van der Waals surface area contributed by atoms with Crippen LogP contribution in [0.25, 0.3) is 0 Å². The molecule has 0 unspecified atom stereocenters. The molecule has 214 valence electrons. The molecule has 4 rings (SSSR count). The third-order valence-electron chi connectivity index (χ3n) is 5.91. The van der Waals surface area contributed by atoms with Crippen LogP contribution in [0, 0.1) is 27.7 Å². The van der Waals surface area contributed by atoms with E-state index in [2.05, 4.69) is 125 Å². The molecule has 4 nitrogen and oxygen atoms in total. The average molecular weight is 667 g/mol.